The molecule has 2 aromatic rings. The summed E-state index contributed by atoms with van der Waals surface area (Å²) in [5.41, 5.74) is 1.72. The minimum atomic E-state index is 0. The number of benzene rings is 1. The molecule has 2 bridgehead atoms. The lowest BCUT2D eigenvalue weighted by atomic mass is 9.77. The summed E-state index contributed by atoms with van der Waals surface area (Å²) < 4.78 is 1.26. The molecular formula is C22H29ClN2OS. The maximum Gasteiger partial charge on any atom is 0.261 e. The van der Waals surface area contributed by atoms with E-state index in [1.54, 1.807) is 11.3 Å². The number of carbonyl (C=O) groups excluding carboxylic acids is 1. The van der Waals surface area contributed by atoms with Crippen LogP contribution in [0.3, 0.4) is 0 Å². The van der Waals surface area contributed by atoms with Gasteiger partial charge in [0.2, 0.25) is 0 Å². The van der Waals surface area contributed by atoms with Gasteiger partial charge in [0, 0.05) is 10.2 Å². The summed E-state index contributed by atoms with van der Waals surface area (Å²) in [6.07, 6.45) is 5.00. The lowest BCUT2D eigenvalue weighted by molar-refractivity contribution is -0.00138. The van der Waals surface area contributed by atoms with Gasteiger partial charge in [-0.1, -0.05) is 39.0 Å². The molecule has 4 fully saturated rings. The monoisotopic (exact) mass is 404 g/mol. The zero-order valence-corrected chi connectivity index (χ0v) is 18.0. The van der Waals surface area contributed by atoms with Gasteiger partial charge in [-0.15, -0.1) is 23.7 Å². The van der Waals surface area contributed by atoms with Gasteiger partial charge in [-0.25, -0.2) is 0 Å². The molecule has 3 saturated heterocycles. The standard InChI is InChI=1S/C22H28N2OS.ClH/c1-21(2,3)16-6-4-5-15-13-17(26-18(15)16)20(25)23-19-14-7-11-24(12-8-14)22(19)9-10-22;/h4-6,13-14,19H,7-12H2,1-3H3,(H,23,25);1H/t19-;/m1./s1. The normalized spacial score (nSPS) is 28.2. The molecule has 1 atom stereocenters. The van der Waals surface area contributed by atoms with Gasteiger partial charge in [0.05, 0.1) is 10.9 Å². The first-order valence-electron chi connectivity index (χ1n) is 9.97. The number of thiophene rings is 1. The van der Waals surface area contributed by atoms with E-state index in [2.05, 4.69) is 55.3 Å². The van der Waals surface area contributed by atoms with Crippen molar-refractivity contribution >= 4 is 39.7 Å². The minimum Gasteiger partial charge on any atom is -0.346 e. The van der Waals surface area contributed by atoms with Gasteiger partial charge in [-0.2, -0.15) is 0 Å². The van der Waals surface area contributed by atoms with E-state index in [-0.39, 0.29) is 23.7 Å². The first-order valence-corrected chi connectivity index (χ1v) is 10.8. The van der Waals surface area contributed by atoms with Crippen LogP contribution in [0.4, 0.5) is 0 Å². The smallest absolute Gasteiger partial charge is 0.261 e. The molecule has 146 valence electrons. The molecule has 3 aliphatic heterocycles. The molecule has 0 radical (unpaired) electrons. The van der Waals surface area contributed by atoms with E-state index in [1.165, 1.54) is 54.4 Å². The Labute approximate surface area is 171 Å². The number of hydrogen-bond donors (Lipinski definition) is 1. The molecule has 6 rings (SSSR count). The quantitative estimate of drug-likeness (QED) is 0.765. The number of rotatable bonds is 2. The Morgan fingerprint density at radius 1 is 1.22 bits per heavy atom. The number of nitrogens with one attached hydrogen (secondary N) is 1. The van der Waals surface area contributed by atoms with Crippen LogP contribution >= 0.6 is 23.7 Å². The maximum atomic E-state index is 13.1. The average Bonchev–Trinajstić information content (AvgIpc) is 3.26. The van der Waals surface area contributed by atoms with Crippen LogP contribution in [0.25, 0.3) is 10.1 Å². The molecule has 0 unspecified atom stereocenters. The van der Waals surface area contributed by atoms with Gasteiger partial charge in [-0.05, 0) is 67.1 Å². The Balaban J connectivity index is 0.00000180. The van der Waals surface area contributed by atoms with Crippen molar-refractivity contribution < 1.29 is 4.79 Å². The van der Waals surface area contributed by atoms with Crippen molar-refractivity contribution in [2.45, 2.75) is 63.5 Å². The topological polar surface area (TPSA) is 32.3 Å². The van der Waals surface area contributed by atoms with Crippen LogP contribution in [-0.2, 0) is 5.41 Å². The van der Waals surface area contributed by atoms with Crippen LogP contribution in [0, 0.1) is 5.92 Å². The second-order valence-corrected chi connectivity index (χ2v) is 10.5. The van der Waals surface area contributed by atoms with E-state index < -0.39 is 0 Å². The van der Waals surface area contributed by atoms with E-state index in [9.17, 15) is 4.79 Å². The Morgan fingerprint density at radius 2 is 1.93 bits per heavy atom. The van der Waals surface area contributed by atoms with Gasteiger partial charge < -0.3 is 5.32 Å². The highest BCUT2D eigenvalue weighted by molar-refractivity contribution is 7.21. The zero-order valence-electron chi connectivity index (χ0n) is 16.4. The van der Waals surface area contributed by atoms with Crippen LogP contribution in [0.5, 0.6) is 0 Å². The zero-order chi connectivity index (χ0) is 18.1. The molecule has 4 heterocycles. The molecule has 3 nitrogen and oxygen atoms in total. The lowest BCUT2D eigenvalue weighted by Gasteiger charge is -2.52. The summed E-state index contributed by atoms with van der Waals surface area (Å²) in [5.74, 6) is 0.807. The summed E-state index contributed by atoms with van der Waals surface area (Å²) >= 11 is 1.66. The third kappa shape index (κ3) is 3.01. The summed E-state index contributed by atoms with van der Waals surface area (Å²) in [6.45, 7) is 9.19. The molecule has 27 heavy (non-hydrogen) atoms. The predicted molar refractivity (Wildman–Crippen MR) is 115 cm³/mol. The first-order chi connectivity index (χ1) is 12.4. The van der Waals surface area contributed by atoms with E-state index in [4.69, 9.17) is 0 Å². The van der Waals surface area contributed by atoms with E-state index >= 15 is 0 Å². The third-order valence-corrected chi connectivity index (χ3v) is 8.03. The molecule has 1 spiro atoms. The molecule has 1 aromatic heterocycles. The van der Waals surface area contributed by atoms with E-state index in [1.807, 2.05) is 0 Å². The number of piperidine rings is 3. The van der Waals surface area contributed by atoms with Gasteiger partial charge in [-0.3, -0.25) is 9.69 Å². The second kappa shape index (κ2) is 6.47. The largest absolute Gasteiger partial charge is 0.346 e. The first kappa shape index (κ1) is 19.2. The fraction of sp³-hybridized carbons (Fsp3) is 0.591. The SMILES string of the molecule is CC(C)(C)c1cccc2cc(C(=O)N[C@@H]3C4CCN(CC4)C34CC4)sc12.Cl. The number of halogens is 1. The average molecular weight is 405 g/mol. The number of hydrogen-bond acceptors (Lipinski definition) is 3. The Kier molecular flexibility index (Phi) is 4.60. The van der Waals surface area contributed by atoms with Crippen molar-refractivity contribution in [3.63, 3.8) is 0 Å². The van der Waals surface area contributed by atoms with Gasteiger partial charge in [0.15, 0.2) is 0 Å². The third-order valence-electron chi connectivity index (χ3n) is 6.84. The highest BCUT2D eigenvalue weighted by Gasteiger charge is 2.60. The van der Waals surface area contributed by atoms with Gasteiger partial charge in [0.1, 0.15) is 0 Å². The van der Waals surface area contributed by atoms with Gasteiger partial charge >= 0.3 is 0 Å². The molecule has 1 aromatic carbocycles. The second-order valence-electron chi connectivity index (χ2n) is 9.46. The fourth-order valence-corrected chi connectivity index (χ4v) is 6.59. The summed E-state index contributed by atoms with van der Waals surface area (Å²) in [7, 11) is 0. The highest BCUT2D eigenvalue weighted by atomic mass is 35.5. The Hall–Kier alpha value is -1.10. The maximum absolute atomic E-state index is 13.1. The number of carbonyl (C=O) groups is 1. The molecule has 1 amide bonds. The van der Waals surface area contributed by atoms with Crippen LogP contribution in [-0.4, -0.2) is 35.5 Å². The molecule has 1 aliphatic carbocycles. The predicted octanol–water partition coefficient (Wildman–Crippen LogP) is 4.98. The van der Waals surface area contributed by atoms with E-state index in [0.717, 1.165) is 4.88 Å². The summed E-state index contributed by atoms with van der Waals surface area (Å²) in [5, 5.41) is 4.67. The fourth-order valence-electron chi connectivity index (χ4n) is 5.30. The van der Waals surface area contributed by atoms with Crippen molar-refractivity contribution in [2.24, 2.45) is 5.92 Å². The van der Waals surface area contributed by atoms with Gasteiger partial charge in [0.25, 0.3) is 5.91 Å². The van der Waals surface area contributed by atoms with Crippen LogP contribution in [0.2, 0.25) is 0 Å². The van der Waals surface area contributed by atoms with Crippen molar-refractivity contribution in [3.8, 4) is 0 Å². The Morgan fingerprint density at radius 3 is 2.56 bits per heavy atom. The van der Waals surface area contributed by atoms with Crippen LogP contribution in [0.1, 0.15) is 61.7 Å². The number of fused-ring (bicyclic) bond motifs is 3. The lowest BCUT2D eigenvalue weighted by Crippen LogP contribution is -2.65. The van der Waals surface area contributed by atoms with E-state index in [0.29, 0.717) is 17.5 Å². The van der Waals surface area contributed by atoms with Crippen LogP contribution < -0.4 is 5.32 Å². The summed E-state index contributed by atoms with van der Waals surface area (Å²) in [6, 6.07) is 8.89. The van der Waals surface area contributed by atoms with Crippen molar-refractivity contribution in [3.05, 3.63) is 34.7 Å². The van der Waals surface area contributed by atoms with Crippen LogP contribution in [0.15, 0.2) is 24.3 Å². The van der Waals surface area contributed by atoms with Crippen molar-refractivity contribution in [1.29, 1.82) is 0 Å². The molecule has 1 N–H and O–H groups in total. The molecule has 1 saturated carbocycles. The summed E-state index contributed by atoms with van der Waals surface area (Å²) in [4.78, 5) is 16.6. The Bertz CT molecular complexity index is 872. The highest BCUT2D eigenvalue weighted by Crippen LogP contribution is 2.53. The molecule has 5 heteroatoms. The molecule has 4 aliphatic rings. The number of amides is 1. The number of nitrogens with zero attached hydrogens (tertiary/aromatic N) is 1. The van der Waals surface area contributed by atoms with Crippen molar-refractivity contribution in [1.82, 2.24) is 10.2 Å². The molecular weight excluding hydrogens is 376 g/mol. The minimum absolute atomic E-state index is 0. The van der Waals surface area contributed by atoms with Crippen molar-refractivity contribution in [2.75, 3.05) is 13.1 Å².